The molecule has 28 heavy (non-hydrogen) atoms. The number of hydrogen-bond donors (Lipinski definition) is 1. The lowest BCUT2D eigenvalue weighted by Gasteiger charge is -2.62. The van der Waals surface area contributed by atoms with Crippen LogP contribution < -0.4 is 0 Å². The van der Waals surface area contributed by atoms with E-state index in [1.165, 1.54) is 12.5 Å². The Morgan fingerprint density at radius 3 is 2.46 bits per heavy atom. The highest BCUT2D eigenvalue weighted by atomic mass is 16.6. The fourth-order valence-electron chi connectivity index (χ4n) is 8.21. The van der Waals surface area contributed by atoms with Gasteiger partial charge in [0.15, 0.2) is 0 Å². The second-order valence-corrected chi connectivity index (χ2v) is 10.7. The number of rotatable bonds is 2. The predicted octanol–water partition coefficient (Wildman–Crippen LogP) is 4.45. The maximum atomic E-state index is 12.3. The number of fused-ring (bicyclic) bond motifs is 5. The van der Waals surface area contributed by atoms with Crippen molar-refractivity contribution in [3.63, 3.8) is 0 Å². The largest absolute Gasteiger partial charge is 0.459 e. The highest BCUT2D eigenvalue weighted by Gasteiger charge is 2.65. The molecule has 3 fully saturated rings. The Morgan fingerprint density at radius 2 is 1.82 bits per heavy atom. The van der Waals surface area contributed by atoms with E-state index >= 15 is 0 Å². The minimum atomic E-state index is -0.683. The van der Waals surface area contributed by atoms with Crippen molar-refractivity contribution < 1.29 is 19.4 Å². The van der Waals surface area contributed by atoms with Gasteiger partial charge in [0.1, 0.15) is 11.4 Å². The van der Waals surface area contributed by atoms with Crippen LogP contribution in [0.2, 0.25) is 0 Å². The first-order valence-corrected chi connectivity index (χ1v) is 11.1. The third kappa shape index (κ3) is 2.59. The molecule has 0 spiro atoms. The molecule has 4 aliphatic rings. The molecule has 1 unspecified atom stereocenters. The van der Waals surface area contributed by atoms with Crippen LogP contribution in [0.15, 0.2) is 11.6 Å². The van der Waals surface area contributed by atoms with Crippen LogP contribution in [0.1, 0.15) is 79.6 Å². The molecule has 156 valence electrons. The molecular weight excluding hydrogens is 352 g/mol. The minimum Gasteiger partial charge on any atom is -0.459 e. The highest BCUT2D eigenvalue weighted by molar-refractivity contribution is 5.79. The van der Waals surface area contributed by atoms with E-state index in [-0.39, 0.29) is 22.7 Å². The molecule has 0 saturated heterocycles. The van der Waals surface area contributed by atoms with E-state index in [1.807, 2.05) is 6.92 Å². The van der Waals surface area contributed by atoms with E-state index in [4.69, 9.17) is 4.74 Å². The smallest absolute Gasteiger partial charge is 0.303 e. The van der Waals surface area contributed by atoms with E-state index in [1.54, 1.807) is 6.92 Å². The Labute approximate surface area is 169 Å². The number of carbonyl (C=O) groups excluding carboxylic acids is 2. The van der Waals surface area contributed by atoms with Crippen molar-refractivity contribution in [3.8, 4) is 0 Å². The number of Topliss-reactive ketones (excluding diaryl/α,β-unsaturated/α-hetero) is 1. The minimum absolute atomic E-state index is 0.112. The molecule has 0 radical (unpaired) electrons. The van der Waals surface area contributed by atoms with Gasteiger partial charge in [0.05, 0.1) is 6.10 Å². The summed E-state index contributed by atoms with van der Waals surface area (Å²) in [4.78, 5) is 24.3. The Bertz CT molecular complexity index is 726. The third-order valence-corrected chi connectivity index (χ3v) is 9.52. The van der Waals surface area contributed by atoms with Crippen LogP contribution in [-0.2, 0) is 14.3 Å². The van der Waals surface area contributed by atoms with Gasteiger partial charge in [-0.25, -0.2) is 0 Å². The number of hydrogen-bond acceptors (Lipinski definition) is 4. The topological polar surface area (TPSA) is 63.6 Å². The number of aliphatic hydroxyl groups excluding tert-OH is 1. The lowest BCUT2D eigenvalue weighted by molar-refractivity contribution is -0.196. The average molecular weight is 389 g/mol. The molecule has 0 bridgehead atoms. The van der Waals surface area contributed by atoms with Gasteiger partial charge in [-0.3, -0.25) is 9.59 Å². The average Bonchev–Trinajstić information content (AvgIpc) is 2.93. The summed E-state index contributed by atoms with van der Waals surface area (Å²) in [7, 11) is 0. The fourth-order valence-corrected chi connectivity index (χ4v) is 8.21. The zero-order valence-corrected chi connectivity index (χ0v) is 18.1. The first-order valence-electron chi connectivity index (χ1n) is 11.1. The van der Waals surface area contributed by atoms with Gasteiger partial charge in [-0.15, -0.1) is 0 Å². The van der Waals surface area contributed by atoms with Gasteiger partial charge in [-0.05, 0) is 75.5 Å². The SMILES string of the molecule is CC(=O)OC1(C)C[C@H](O)CC2=CC[C@H]3[C@@H]4CC[C@H](C(C)=O)[C@@]4(C)CC[C@@H]3[C@]21C. The Balaban J connectivity index is 1.75. The van der Waals surface area contributed by atoms with Crippen molar-refractivity contribution in [1.82, 2.24) is 0 Å². The molecule has 1 N–H and O–H groups in total. The third-order valence-electron chi connectivity index (χ3n) is 9.52. The van der Waals surface area contributed by atoms with E-state index in [0.29, 0.717) is 36.4 Å². The molecule has 0 amide bonds. The van der Waals surface area contributed by atoms with E-state index in [2.05, 4.69) is 19.9 Å². The molecule has 0 heterocycles. The van der Waals surface area contributed by atoms with Crippen LogP contribution in [0.3, 0.4) is 0 Å². The number of allylic oxidation sites excluding steroid dienone is 1. The van der Waals surface area contributed by atoms with Crippen molar-refractivity contribution in [2.75, 3.05) is 0 Å². The van der Waals surface area contributed by atoms with Gasteiger partial charge in [0, 0.05) is 24.7 Å². The molecule has 4 heteroatoms. The first-order chi connectivity index (χ1) is 13.0. The summed E-state index contributed by atoms with van der Waals surface area (Å²) in [5.41, 5.74) is 0.468. The van der Waals surface area contributed by atoms with E-state index in [0.717, 1.165) is 32.1 Å². The zero-order valence-electron chi connectivity index (χ0n) is 18.1. The van der Waals surface area contributed by atoms with Crippen molar-refractivity contribution in [1.29, 1.82) is 0 Å². The zero-order chi connectivity index (χ0) is 20.5. The Hall–Kier alpha value is -1.16. The summed E-state index contributed by atoms with van der Waals surface area (Å²) in [5, 5.41) is 10.5. The van der Waals surface area contributed by atoms with Crippen LogP contribution in [0.25, 0.3) is 0 Å². The normalized spacial score (nSPS) is 50.1. The van der Waals surface area contributed by atoms with Gasteiger partial charge < -0.3 is 9.84 Å². The summed E-state index contributed by atoms with van der Waals surface area (Å²) >= 11 is 0. The van der Waals surface area contributed by atoms with Crippen molar-refractivity contribution in [2.24, 2.45) is 34.5 Å². The Kier molecular flexibility index (Phi) is 4.61. The predicted molar refractivity (Wildman–Crippen MR) is 107 cm³/mol. The van der Waals surface area contributed by atoms with Crippen LogP contribution in [0, 0.1) is 34.5 Å². The summed E-state index contributed by atoms with van der Waals surface area (Å²) < 4.78 is 5.97. The van der Waals surface area contributed by atoms with Gasteiger partial charge >= 0.3 is 5.97 Å². The van der Waals surface area contributed by atoms with Crippen molar-refractivity contribution in [3.05, 3.63) is 11.6 Å². The Morgan fingerprint density at radius 1 is 1.11 bits per heavy atom. The van der Waals surface area contributed by atoms with Crippen molar-refractivity contribution in [2.45, 2.75) is 91.3 Å². The van der Waals surface area contributed by atoms with Gasteiger partial charge in [0.25, 0.3) is 0 Å². The number of aliphatic hydroxyl groups is 1. The van der Waals surface area contributed by atoms with E-state index in [9.17, 15) is 14.7 Å². The van der Waals surface area contributed by atoms with Gasteiger partial charge in [0.2, 0.25) is 0 Å². The molecular formula is C24H36O4. The lowest BCUT2D eigenvalue weighted by Crippen LogP contribution is -2.62. The van der Waals surface area contributed by atoms with Gasteiger partial charge in [-0.1, -0.05) is 25.5 Å². The standard InChI is InChI=1S/C24H36O4/c1-14(25)19-8-9-20-18-7-6-16-12-17(27)13-23(4,28-15(2)26)24(16,5)21(18)10-11-22(19,20)3/h6,17-21,27H,7-13H2,1-5H3/t17-,18+,19-,20+,21+,22-,23?,24+/m1/s1. The molecule has 3 saturated carbocycles. The van der Waals surface area contributed by atoms with Gasteiger partial charge in [-0.2, -0.15) is 0 Å². The fraction of sp³-hybridized carbons (Fsp3) is 0.833. The molecule has 4 rings (SSSR count). The van der Waals surface area contributed by atoms with Crippen LogP contribution in [-0.4, -0.2) is 28.6 Å². The van der Waals surface area contributed by atoms with Crippen LogP contribution in [0.4, 0.5) is 0 Å². The maximum absolute atomic E-state index is 12.3. The van der Waals surface area contributed by atoms with E-state index < -0.39 is 11.7 Å². The molecule has 8 atom stereocenters. The van der Waals surface area contributed by atoms with Crippen LogP contribution >= 0.6 is 0 Å². The highest BCUT2D eigenvalue weighted by Crippen LogP contribution is 2.68. The summed E-state index contributed by atoms with van der Waals surface area (Å²) in [5.74, 6) is 1.81. The summed E-state index contributed by atoms with van der Waals surface area (Å²) in [6, 6.07) is 0. The first kappa shape index (κ1) is 20.1. The number of ketones is 1. The lowest BCUT2D eigenvalue weighted by atomic mass is 9.44. The number of esters is 1. The summed E-state index contributed by atoms with van der Waals surface area (Å²) in [6.07, 6.45) is 8.41. The maximum Gasteiger partial charge on any atom is 0.303 e. The second kappa shape index (κ2) is 6.42. The second-order valence-electron chi connectivity index (χ2n) is 10.7. The van der Waals surface area contributed by atoms with Crippen molar-refractivity contribution >= 4 is 11.8 Å². The summed E-state index contributed by atoms with van der Waals surface area (Å²) in [6.45, 7) is 9.92. The molecule has 0 aromatic rings. The number of carbonyl (C=O) groups is 2. The molecule has 0 aromatic heterocycles. The molecule has 0 aromatic carbocycles. The molecule has 4 nitrogen and oxygen atoms in total. The van der Waals surface area contributed by atoms with Crippen LogP contribution in [0.5, 0.6) is 0 Å². The molecule has 0 aliphatic heterocycles. The quantitative estimate of drug-likeness (QED) is 0.561. The number of ether oxygens (including phenoxy) is 1. The molecule has 4 aliphatic carbocycles. The monoisotopic (exact) mass is 388 g/mol.